The molecule has 18 aromatic rings. The molecule has 0 radical (unpaired) electrons. The van der Waals surface area contributed by atoms with Crippen molar-refractivity contribution in [3.05, 3.63) is 487 Å². The Kier molecular flexibility index (Phi) is 21.7. The third kappa shape index (κ3) is 16.7. The van der Waals surface area contributed by atoms with Gasteiger partial charge < -0.3 is 14.4 Å². The van der Waals surface area contributed by atoms with Crippen LogP contribution in [0.2, 0.25) is 0 Å². The van der Waals surface area contributed by atoms with Gasteiger partial charge in [0.1, 0.15) is 23.0 Å². The number of para-hydroxylation sites is 2. The Labute approximate surface area is 708 Å². The van der Waals surface area contributed by atoms with Gasteiger partial charge in [-0.15, -0.1) is 0 Å². The molecule has 0 atom stereocenters. The molecule has 0 aromatic heterocycles. The fraction of sp³-hybridized carbons (Fsp3) is 0.0609. The summed E-state index contributed by atoms with van der Waals surface area (Å²) in [6.07, 6.45) is 0.931. The topological polar surface area (TPSA) is 21.7 Å². The summed E-state index contributed by atoms with van der Waals surface area (Å²) in [6.45, 7) is 9.10. The Morgan fingerprint density at radius 1 is 0.193 bits per heavy atom. The maximum atomic E-state index is 6.37. The second-order valence-corrected chi connectivity index (χ2v) is 32.6. The molecule has 2 aliphatic rings. The Balaban J connectivity index is 0.000000137. The Morgan fingerprint density at radius 3 is 0.655 bits per heavy atom. The van der Waals surface area contributed by atoms with Crippen LogP contribution in [0.4, 0.5) is 17.1 Å². The maximum Gasteiger partial charge on any atom is 0.131 e. The van der Waals surface area contributed by atoms with Crippen LogP contribution in [0.5, 0.6) is 23.0 Å². The molecule has 119 heavy (non-hydrogen) atoms. The minimum Gasteiger partial charge on any atom is -0.457 e. The molecule has 0 fully saturated rings. The first kappa shape index (κ1) is 76.2. The van der Waals surface area contributed by atoms with Crippen LogP contribution < -0.4 is 14.4 Å². The minimum absolute atomic E-state index is 0.0739. The Bertz CT molecular complexity index is 6240. The molecular weight excluding hydrogens is 1510 g/mol. The molecule has 0 saturated heterocycles. The molecule has 0 aliphatic carbocycles. The molecule has 0 saturated carbocycles. The quantitative estimate of drug-likeness (QED) is 0.102. The van der Waals surface area contributed by atoms with Crippen LogP contribution in [0.3, 0.4) is 0 Å². The zero-order valence-corrected chi connectivity index (χ0v) is 68.7. The van der Waals surface area contributed by atoms with Crippen molar-refractivity contribution in [3.8, 4) is 134 Å². The predicted molar refractivity (Wildman–Crippen MR) is 503 cm³/mol. The molecule has 18 aromatic carbocycles. The summed E-state index contributed by atoms with van der Waals surface area (Å²) >= 11 is 3.49. The van der Waals surface area contributed by atoms with Crippen molar-refractivity contribution in [3.63, 3.8) is 0 Å². The number of hydrogen-bond donors (Lipinski definition) is 0. The summed E-state index contributed by atoms with van der Waals surface area (Å²) in [7, 11) is 0. The van der Waals surface area contributed by atoms with E-state index >= 15 is 0 Å². The molecular formula is C115H88BrNO2. The second kappa shape index (κ2) is 34.0. The molecule has 2 heterocycles. The molecule has 0 bridgehead atoms. The van der Waals surface area contributed by atoms with E-state index in [-0.39, 0.29) is 10.8 Å². The van der Waals surface area contributed by atoms with E-state index in [2.05, 4.69) is 479 Å². The van der Waals surface area contributed by atoms with Crippen LogP contribution in [0.25, 0.3) is 111 Å². The monoisotopic (exact) mass is 1590 g/mol. The minimum atomic E-state index is -0.177. The highest BCUT2D eigenvalue weighted by Gasteiger charge is 2.36. The molecule has 3 nitrogen and oxygen atoms in total. The van der Waals surface area contributed by atoms with E-state index in [0.29, 0.717) is 0 Å². The first-order valence-electron chi connectivity index (χ1n) is 40.9. The maximum absolute atomic E-state index is 6.37. The third-order valence-electron chi connectivity index (χ3n) is 23.4. The lowest BCUT2D eigenvalue weighted by Gasteiger charge is -2.34. The fourth-order valence-electron chi connectivity index (χ4n) is 16.6. The average molecular weight is 1600 g/mol. The van der Waals surface area contributed by atoms with Crippen LogP contribution in [0.15, 0.2) is 453 Å². The zero-order chi connectivity index (χ0) is 80.7. The molecule has 20 rings (SSSR count). The Hall–Kier alpha value is -14.2. The van der Waals surface area contributed by atoms with Gasteiger partial charge in [-0.3, -0.25) is 0 Å². The van der Waals surface area contributed by atoms with Gasteiger partial charge in [-0.05, 0) is 214 Å². The summed E-state index contributed by atoms with van der Waals surface area (Å²) < 4.78 is 13.6. The first-order valence-corrected chi connectivity index (χ1v) is 41.7. The van der Waals surface area contributed by atoms with Crippen LogP contribution in [0.1, 0.15) is 61.1 Å². The number of nitrogens with zero attached hydrogens (tertiary/aromatic N) is 1. The number of fused-ring (bicyclic) bond motifs is 4. The van der Waals surface area contributed by atoms with Crippen molar-refractivity contribution in [2.24, 2.45) is 0 Å². The van der Waals surface area contributed by atoms with Crippen molar-refractivity contribution in [1.82, 2.24) is 0 Å². The SMILES string of the molecule is CC1(C)c2ccccc2Oc2ccc(-c3ccc(Br)cc3)cc21.CC1(C)c2ccccc2Oc2ccc(-c3ccc(N(c4ccc(-c5ccc(-c6ccccc6)cc5)cc4)c4ccc(-c5ccc(-c6ccccc6)cc5)cc4)cc3)cc21.c1ccc(-c2ccc(-c3ccc(Cc4ccc(-c5ccc(-c6ccccc6)cc5)cc4)cc3)cc2)cc1. The highest BCUT2D eigenvalue weighted by atomic mass is 79.9. The lowest BCUT2D eigenvalue weighted by Crippen LogP contribution is -2.24. The van der Waals surface area contributed by atoms with Gasteiger partial charge >= 0.3 is 0 Å². The van der Waals surface area contributed by atoms with Gasteiger partial charge in [0, 0.05) is 54.6 Å². The number of halogens is 1. The van der Waals surface area contributed by atoms with Crippen LogP contribution in [-0.2, 0) is 17.3 Å². The van der Waals surface area contributed by atoms with Gasteiger partial charge in [0.2, 0.25) is 0 Å². The molecule has 0 spiro atoms. The zero-order valence-electron chi connectivity index (χ0n) is 67.1. The van der Waals surface area contributed by atoms with Crippen LogP contribution in [-0.4, -0.2) is 0 Å². The summed E-state index contributed by atoms with van der Waals surface area (Å²) in [4.78, 5) is 2.34. The summed E-state index contributed by atoms with van der Waals surface area (Å²) in [5.74, 6) is 3.77. The van der Waals surface area contributed by atoms with Crippen molar-refractivity contribution in [1.29, 1.82) is 0 Å². The van der Waals surface area contributed by atoms with Crippen molar-refractivity contribution < 1.29 is 9.47 Å². The summed E-state index contributed by atoms with van der Waals surface area (Å²) in [5, 5.41) is 0. The smallest absolute Gasteiger partial charge is 0.131 e. The fourth-order valence-corrected chi connectivity index (χ4v) is 16.8. The van der Waals surface area contributed by atoms with E-state index in [4.69, 9.17) is 9.47 Å². The molecule has 0 amide bonds. The van der Waals surface area contributed by atoms with E-state index in [0.717, 1.165) is 56.5 Å². The average Bonchev–Trinajstić information content (AvgIpc) is 0.748. The summed E-state index contributed by atoms with van der Waals surface area (Å²) in [5.41, 5.74) is 34.9. The van der Waals surface area contributed by atoms with Gasteiger partial charge in [-0.2, -0.15) is 0 Å². The van der Waals surface area contributed by atoms with Crippen molar-refractivity contribution in [2.75, 3.05) is 4.90 Å². The number of benzene rings is 18. The van der Waals surface area contributed by atoms with Gasteiger partial charge in [0.25, 0.3) is 0 Å². The third-order valence-corrected chi connectivity index (χ3v) is 23.9. The number of hydrogen-bond acceptors (Lipinski definition) is 3. The van der Waals surface area contributed by atoms with Gasteiger partial charge in [0.05, 0.1) is 0 Å². The van der Waals surface area contributed by atoms with Gasteiger partial charge in [-0.1, -0.05) is 408 Å². The Morgan fingerprint density at radius 2 is 0.387 bits per heavy atom. The predicted octanol–water partition coefficient (Wildman–Crippen LogP) is 32.4. The standard InChI is InChI=1S/C57H43NO.C37H28.C21H17BrO/c1-57(2)53-15-9-10-16-55(53)59-56-38-31-49(39-54(56)57)48-29-36-52(37-30-48)58(50-32-25-46(26-33-50)44-21-17-42(18-22-44)40-11-5-3-6-12-40)51-34-27-47(28-35-51)45-23-19-43(20-24-45)41-13-7-4-8-14-41;1-3-7-30(8-4-1)34-19-23-36(24-20-34)32-15-11-28(12-16-32)27-29-13-17-33(18-14-29)37-25-21-35(22-26-37)31-9-5-2-6-10-31;1-21(2)17-5-3-4-6-19(17)23-20-12-9-15(13-18(20)21)14-7-10-16(22)11-8-14/h3-39H,1-2H3;1-26H,27H2;3-13H,1-2H3. The normalized spacial score (nSPS) is 12.4. The molecule has 4 heteroatoms. The number of anilines is 3. The van der Waals surface area contributed by atoms with Crippen LogP contribution >= 0.6 is 15.9 Å². The van der Waals surface area contributed by atoms with Gasteiger partial charge in [-0.25, -0.2) is 0 Å². The molecule has 0 unspecified atom stereocenters. The van der Waals surface area contributed by atoms with Gasteiger partial charge in [0.15, 0.2) is 0 Å². The molecule has 0 N–H and O–H groups in total. The first-order chi connectivity index (χ1) is 58.3. The lowest BCUT2D eigenvalue weighted by molar-refractivity contribution is 0.418. The largest absolute Gasteiger partial charge is 0.457 e. The van der Waals surface area contributed by atoms with Crippen molar-refractivity contribution in [2.45, 2.75) is 44.9 Å². The van der Waals surface area contributed by atoms with E-state index < -0.39 is 0 Å². The molecule has 572 valence electrons. The highest BCUT2D eigenvalue weighted by Crippen LogP contribution is 2.51. The number of rotatable bonds is 15. The van der Waals surface area contributed by atoms with Crippen molar-refractivity contribution >= 4 is 33.0 Å². The highest BCUT2D eigenvalue weighted by molar-refractivity contribution is 9.10. The summed E-state index contributed by atoms with van der Waals surface area (Å²) in [6, 6.07) is 160. The second-order valence-electron chi connectivity index (χ2n) is 31.7. The number of ether oxygens (including phenoxy) is 2. The van der Waals surface area contributed by atoms with E-state index in [1.54, 1.807) is 0 Å². The van der Waals surface area contributed by atoms with E-state index in [9.17, 15) is 0 Å². The lowest BCUT2D eigenvalue weighted by atomic mass is 9.75. The molecule has 2 aliphatic heterocycles. The van der Waals surface area contributed by atoms with E-state index in [1.165, 1.54) is 139 Å². The van der Waals surface area contributed by atoms with E-state index in [1.807, 2.05) is 18.2 Å². The van der Waals surface area contributed by atoms with Crippen LogP contribution in [0, 0.1) is 0 Å².